The fraction of sp³-hybridized carbons (Fsp3) is 0.333. The summed E-state index contributed by atoms with van der Waals surface area (Å²) < 4.78 is 2.15. The summed E-state index contributed by atoms with van der Waals surface area (Å²) in [7, 11) is 0. The molecule has 4 rings (SSSR count). The summed E-state index contributed by atoms with van der Waals surface area (Å²) in [4.78, 5) is 16.6. The number of carbonyl (C=O) groups is 1. The zero-order valence-corrected chi connectivity index (χ0v) is 17.4. The topological polar surface area (TPSA) is 59.0 Å². The predicted molar refractivity (Wildman–Crippen MR) is 117 cm³/mol. The summed E-state index contributed by atoms with van der Waals surface area (Å²) in [5.74, 6) is 0.692. The monoisotopic (exact) mass is 420 g/mol. The Kier molecular flexibility index (Phi) is 7.87. The average molecular weight is 421 g/mol. The molecule has 2 aromatic carbocycles. The molecule has 28 heavy (non-hydrogen) atoms. The van der Waals surface area contributed by atoms with Gasteiger partial charge in [0.05, 0.1) is 17.4 Å². The van der Waals surface area contributed by atoms with Gasteiger partial charge < -0.3 is 15.2 Å². The molecule has 0 bridgehead atoms. The van der Waals surface area contributed by atoms with E-state index in [9.17, 15) is 4.79 Å². The first-order valence-corrected chi connectivity index (χ1v) is 9.17. The van der Waals surface area contributed by atoms with Crippen molar-refractivity contribution in [3.05, 3.63) is 66.0 Å². The number of benzene rings is 2. The molecule has 2 N–H and O–H groups in total. The van der Waals surface area contributed by atoms with E-state index in [1.165, 1.54) is 5.56 Å². The quantitative estimate of drug-likeness (QED) is 0.642. The van der Waals surface area contributed by atoms with Crippen LogP contribution in [0.4, 0.5) is 0 Å². The van der Waals surface area contributed by atoms with Gasteiger partial charge in [-0.3, -0.25) is 4.79 Å². The molecule has 1 saturated heterocycles. The van der Waals surface area contributed by atoms with Crippen LogP contribution in [0.3, 0.4) is 0 Å². The van der Waals surface area contributed by atoms with Gasteiger partial charge in [-0.25, -0.2) is 4.98 Å². The normalized spacial score (nSPS) is 14.5. The summed E-state index contributed by atoms with van der Waals surface area (Å²) in [6.45, 7) is 5.29. The van der Waals surface area contributed by atoms with E-state index >= 15 is 0 Å². The molecule has 3 aromatic rings. The fourth-order valence-electron chi connectivity index (χ4n) is 3.32. The maximum atomic E-state index is 12.2. The Morgan fingerprint density at radius 2 is 1.82 bits per heavy atom. The molecule has 0 saturated carbocycles. The number of aromatic nitrogens is 2. The van der Waals surface area contributed by atoms with Crippen LogP contribution < -0.4 is 10.6 Å². The third-order valence-electron chi connectivity index (χ3n) is 5.30. The lowest BCUT2D eigenvalue weighted by Gasteiger charge is -2.31. The second-order valence-electron chi connectivity index (χ2n) is 7.10. The first kappa shape index (κ1) is 22.2. The van der Waals surface area contributed by atoms with Gasteiger partial charge in [0, 0.05) is 19.0 Å². The second kappa shape index (κ2) is 9.92. The van der Waals surface area contributed by atoms with Crippen LogP contribution in [-0.4, -0.2) is 28.5 Å². The minimum atomic E-state index is 0. The Morgan fingerprint density at radius 1 is 1.14 bits per heavy atom. The minimum absolute atomic E-state index is 0. The molecular formula is C21H26Cl2N4O. The molecule has 1 aliphatic heterocycles. The third kappa shape index (κ3) is 4.85. The number of halogens is 2. The number of imidazole rings is 1. The van der Waals surface area contributed by atoms with Crippen molar-refractivity contribution in [1.29, 1.82) is 0 Å². The zero-order chi connectivity index (χ0) is 17.9. The lowest BCUT2D eigenvalue weighted by atomic mass is 9.88. The van der Waals surface area contributed by atoms with E-state index in [-0.39, 0.29) is 36.6 Å². The van der Waals surface area contributed by atoms with Crippen LogP contribution in [0, 0.1) is 11.8 Å². The number of hydrogen-bond acceptors (Lipinski definition) is 3. The highest BCUT2D eigenvalue weighted by Gasteiger charge is 2.28. The maximum absolute atomic E-state index is 12.2. The van der Waals surface area contributed by atoms with E-state index in [1.807, 2.05) is 31.5 Å². The number of nitrogens with one attached hydrogen (secondary N) is 2. The molecule has 2 heterocycles. The fourth-order valence-corrected chi connectivity index (χ4v) is 3.32. The second-order valence-corrected chi connectivity index (χ2v) is 7.10. The van der Waals surface area contributed by atoms with Crippen LogP contribution in [0.15, 0.2) is 54.9 Å². The van der Waals surface area contributed by atoms with Crippen molar-refractivity contribution >= 4 is 41.8 Å². The smallest absolute Gasteiger partial charge is 0.223 e. The van der Waals surface area contributed by atoms with Crippen molar-refractivity contribution in [2.24, 2.45) is 11.8 Å². The van der Waals surface area contributed by atoms with Gasteiger partial charge in [0.2, 0.25) is 5.91 Å². The van der Waals surface area contributed by atoms with Crippen LogP contribution in [0.5, 0.6) is 0 Å². The summed E-state index contributed by atoms with van der Waals surface area (Å²) in [5.41, 5.74) is 4.50. The van der Waals surface area contributed by atoms with E-state index < -0.39 is 0 Å². The Morgan fingerprint density at radius 3 is 2.50 bits per heavy atom. The Labute approximate surface area is 177 Å². The standard InChI is InChI=1S/C21H24N4O.2ClH/c1-15(18-11-22-12-18)21(26)23-10-16-6-8-17(9-7-16)13-25-14-24-19-4-2-3-5-20(19)25;;/h2-9,14-15,18,22H,10-13H2,1H3,(H,23,26);2*1H. The van der Waals surface area contributed by atoms with E-state index in [4.69, 9.17) is 0 Å². The number of carbonyl (C=O) groups excluding carboxylic acids is 1. The molecule has 150 valence electrons. The highest BCUT2D eigenvalue weighted by atomic mass is 35.5. The first-order chi connectivity index (χ1) is 12.7. The molecular weight excluding hydrogens is 395 g/mol. The van der Waals surface area contributed by atoms with Gasteiger partial charge in [-0.2, -0.15) is 0 Å². The molecule has 1 aromatic heterocycles. The van der Waals surface area contributed by atoms with Crippen LogP contribution >= 0.6 is 24.8 Å². The number of amides is 1. The molecule has 1 unspecified atom stereocenters. The molecule has 1 aliphatic rings. The lowest BCUT2D eigenvalue weighted by Crippen LogP contribution is -2.49. The van der Waals surface area contributed by atoms with Crippen LogP contribution in [0.25, 0.3) is 11.0 Å². The minimum Gasteiger partial charge on any atom is -0.352 e. The van der Waals surface area contributed by atoms with Crippen LogP contribution in [0.1, 0.15) is 18.1 Å². The van der Waals surface area contributed by atoms with E-state index in [2.05, 4.69) is 50.5 Å². The number of hydrogen-bond donors (Lipinski definition) is 2. The molecule has 1 fully saturated rings. The van der Waals surface area contributed by atoms with Crippen LogP contribution in [-0.2, 0) is 17.9 Å². The predicted octanol–water partition coefficient (Wildman–Crippen LogP) is 3.40. The highest BCUT2D eigenvalue weighted by molar-refractivity contribution is 5.85. The van der Waals surface area contributed by atoms with Crippen molar-refractivity contribution in [3.8, 4) is 0 Å². The van der Waals surface area contributed by atoms with Gasteiger partial charge in [0.15, 0.2) is 0 Å². The van der Waals surface area contributed by atoms with Crippen molar-refractivity contribution in [2.45, 2.75) is 20.0 Å². The lowest BCUT2D eigenvalue weighted by molar-refractivity contribution is -0.126. The Bertz CT molecular complexity index is 906. The van der Waals surface area contributed by atoms with Gasteiger partial charge >= 0.3 is 0 Å². The largest absolute Gasteiger partial charge is 0.352 e. The zero-order valence-electron chi connectivity index (χ0n) is 15.8. The number of nitrogens with zero attached hydrogens (tertiary/aromatic N) is 2. The molecule has 0 aliphatic carbocycles. The van der Waals surface area contributed by atoms with E-state index in [0.29, 0.717) is 12.5 Å². The molecule has 1 atom stereocenters. The van der Waals surface area contributed by atoms with E-state index in [0.717, 1.165) is 36.2 Å². The molecule has 5 nitrogen and oxygen atoms in total. The molecule has 7 heteroatoms. The third-order valence-corrected chi connectivity index (χ3v) is 5.30. The van der Waals surface area contributed by atoms with Crippen LogP contribution in [0.2, 0.25) is 0 Å². The average Bonchev–Trinajstić information content (AvgIpc) is 3.02. The van der Waals surface area contributed by atoms with Crippen molar-refractivity contribution in [3.63, 3.8) is 0 Å². The Hall–Kier alpha value is -2.08. The maximum Gasteiger partial charge on any atom is 0.223 e. The first-order valence-electron chi connectivity index (χ1n) is 9.17. The Balaban J connectivity index is 0.00000140. The number of para-hydroxylation sites is 2. The molecule has 0 radical (unpaired) electrons. The summed E-state index contributed by atoms with van der Waals surface area (Å²) in [5, 5.41) is 6.27. The summed E-state index contributed by atoms with van der Waals surface area (Å²) >= 11 is 0. The SMILES string of the molecule is CC(C(=O)NCc1ccc(Cn2cnc3ccccc32)cc1)C1CNC1.Cl.Cl. The highest BCUT2D eigenvalue weighted by Crippen LogP contribution is 2.17. The summed E-state index contributed by atoms with van der Waals surface area (Å²) in [6, 6.07) is 16.6. The van der Waals surface area contributed by atoms with Crippen molar-refractivity contribution < 1.29 is 4.79 Å². The number of rotatable bonds is 6. The van der Waals surface area contributed by atoms with Gasteiger partial charge in [-0.1, -0.05) is 43.3 Å². The van der Waals surface area contributed by atoms with Gasteiger partial charge in [0.25, 0.3) is 0 Å². The van der Waals surface area contributed by atoms with Gasteiger partial charge in [-0.05, 0) is 42.3 Å². The molecule has 1 amide bonds. The summed E-state index contributed by atoms with van der Waals surface area (Å²) in [6.07, 6.45) is 1.88. The van der Waals surface area contributed by atoms with Gasteiger partial charge in [0.1, 0.15) is 0 Å². The van der Waals surface area contributed by atoms with Crippen molar-refractivity contribution in [1.82, 2.24) is 20.2 Å². The molecule has 0 spiro atoms. The van der Waals surface area contributed by atoms with Gasteiger partial charge in [-0.15, -0.1) is 24.8 Å². The number of fused-ring (bicyclic) bond motifs is 1. The van der Waals surface area contributed by atoms with E-state index in [1.54, 1.807) is 0 Å². The van der Waals surface area contributed by atoms with Crippen molar-refractivity contribution in [2.75, 3.05) is 13.1 Å².